The van der Waals surface area contributed by atoms with E-state index in [1.807, 2.05) is 45.9 Å². The highest BCUT2D eigenvalue weighted by Crippen LogP contribution is 2.28. The molecule has 0 fully saturated rings. The Kier molecular flexibility index (Phi) is 10.7. The van der Waals surface area contributed by atoms with Crippen LogP contribution < -0.4 is 4.74 Å². The van der Waals surface area contributed by atoms with E-state index in [4.69, 9.17) is 4.74 Å². The van der Waals surface area contributed by atoms with Crippen LogP contribution in [0.4, 0.5) is 0 Å². The van der Waals surface area contributed by atoms with E-state index in [2.05, 4.69) is 13.8 Å². The molecule has 2 rings (SSSR count). The van der Waals surface area contributed by atoms with Crippen molar-refractivity contribution in [3.63, 3.8) is 0 Å². The Morgan fingerprint density at radius 2 is 1.50 bits per heavy atom. The highest BCUT2D eigenvalue weighted by Gasteiger charge is 2.09. The Hall–Kier alpha value is -2.62. The number of aryl methyl sites for hydroxylation is 2. The van der Waals surface area contributed by atoms with Gasteiger partial charge in [0.1, 0.15) is 11.5 Å². The number of phenols is 1. The van der Waals surface area contributed by atoms with Crippen molar-refractivity contribution in [1.82, 2.24) is 0 Å². The molecule has 0 saturated carbocycles. The number of hydrogen-bond acceptors (Lipinski definition) is 4. The number of ether oxygens (including phenoxy) is 1. The van der Waals surface area contributed by atoms with Crippen LogP contribution in [0.25, 0.3) is 0 Å². The molecular weight excluding hydrogens is 328 g/mol. The van der Waals surface area contributed by atoms with E-state index < -0.39 is 0 Å². The van der Waals surface area contributed by atoms with Gasteiger partial charge in [-0.1, -0.05) is 52.0 Å². The lowest BCUT2D eigenvalue weighted by Gasteiger charge is -2.09. The van der Waals surface area contributed by atoms with E-state index in [1.165, 1.54) is 13.2 Å². The second kappa shape index (κ2) is 11.9. The molecule has 0 saturated heterocycles. The first-order valence-electron chi connectivity index (χ1n) is 8.73. The fourth-order valence-corrected chi connectivity index (χ4v) is 2.45. The first-order valence-corrected chi connectivity index (χ1v) is 8.73. The third-order valence-electron chi connectivity index (χ3n) is 3.79. The number of aromatic hydroxyl groups is 1. The Labute approximate surface area is 156 Å². The summed E-state index contributed by atoms with van der Waals surface area (Å²) in [6, 6.07) is 9.15. The summed E-state index contributed by atoms with van der Waals surface area (Å²) in [6.45, 7) is 12.0. The zero-order valence-corrected chi connectivity index (χ0v) is 16.8. The molecule has 0 amide bonds. The first-order chi connectivity index (χ1) is 12.4. The van der Waals surface area contributed by atoms with E-state index >= 15 is 0 Å². The van der Waals surface area contributed by atoms with Gasteiger partial charge in [-0.3, -0.25) is 9.59 Å². The number of benzene rings is 2. The molecule has 0 atom stereocenters. The number of rotatable bonds is 4. The molecule has 0 aliphatic carbocycles. The van der Waals surface area contributed by atoms with Gasteiger partial charge >= 0.3 is 0 Å². The zero-order chi connectivity index (χ0) is 20.3. The third kappa shape index (κ3) is 6.03. The molecule has 0 aromatic heterocycles. The van der Waals surface area contributed by atoms with Crippen LogP contribution in [0.15, 0.2) is 30.3 Å². The Bertz CT molecular complexity index is 718. The molecule has 0 heterocycles. The number of carbonyl (C=O) groups is 2. The predicted octanol–water partition coefficient (Wildman–Crippen LogP) is 5.48. The summed E-state index contributed by atoms with van der Waals surface area (Å²) in [6.07, 6.45) is 1.53. The monoisotopic (exact) mass is 358 g/mol. The van der Waals surface area contributed by atoms with Gasteiger partial charge in [0.2, 0.25) is 0 Å². The molecule has 26 heavy (non-hydrogen) atoms. The van der Waals surface area contributed by atoms with Gasteiger partial charge in [-0.2, -0.15) is 0 Å². The van der Waals surface area contributed by atoms with Crippen LogP contribution in [0.3, 0.4) is 0 Å². The average Bonchev–Trinajstić information content (AvgIpc) is 2.65. The van der Waals surface area contributed by atoms with Crippen LogP contribution in [0.1, 0.15) is 71.0 Å². The summed E-state index contributed by atoms with van der Waals surface area (Å²) in [5, 5.41) is 9.24. The van der Waals surface area contributed by atoms with Crippen molar-refractivity contribution in [1.29, 1.82) is 0 Å². The van der Waals surface area contributed by atoms with Crippen molar-refractivity contribution in [2.24, 2.45) is 0 Å². The molecule has 0 bridgehead atoms. The summed E-state index contributed by atoms with van der Waals surface area (Å²) < 4.78 is 4.96. The molecule has 4 heteroatoms. The number of methoxy groups -OCH3 is 1. The van der Waals surface area contributed by atoms with Gasteiger partial charge in [0.05, 0.1) is 12.7 Å². The zero-order valence-electron chi connectivity index (χ0n) is 16.8. The fraction of sp³-hybridized carbons (Fsp3) is 0.364. The van der Waals surface area contributed by atoms with Crippen LogP contribution in [-0.2, 0) is 0 Å². The van der Waals surface area contributed by atoms with E-state index in [-0.39, 0.29) is 11.3 Å². The van der Waals surface area contributed by atoms with Crippen LogP contribution in [0.5, 0.6) is 11.5 Å². The van der Waals surface area contributed by atoms with E-state index in [1.54, 1.807) is 6.07 Å². The topological polar surface area (TPSA) is 63.6 Å². The van der Waals surface area contributed by atoms with Crippen molar-refractivity contribution in [3.05, 3.63) is 58.1 Å². The number of carbonyl (C=O) groups excluding carboxylic acids is 2. The molecule has 2 aromatic rings. The SMILES string of the molecule is CC.COc1c(C)ccc(O)c1C=O.Cc1cccc(C(C)C)c1C=O. The van der Waals surface area contributed by atoms with Crippen molar-refractivity contribution in [2.45, 2.75) is 47.5 Å². The molecule has 1 N–H and O–H groups in total. The van der Waals surface area contributed by atoms with Crippen LogP contribution in [0.2, 0.25) is 0 Å². The van der Waals surface area contributed by atoms with Gasteiger partial charge in [0.25, 0.3) is 0 Å². The van der Waals surface area contributed by atoms with Crippen molar-refractivity contribution < 1.29 is 19.4 Å². The van der Waals surface area contributed by atoms with Gasteiger partial charge in [-0.05, 0) is 42.5 Å². The van der Waals surface area contributed by atoms with Gasteiger partial charge in [-0.25, -0.2) is 0 Å². The quantitative estimate of drug-likeness (QED) is 0.735. The Morgan fingerprint density at radius 3 is 1.88 bits per heavy atom. The molecular formula is C22H30O4. The molecule has 0 radical (unpaired) electrons. The summed E-state index contributed by atoms with van der Waals surface area (Å²) in [7, 11) is 1.47. The smallest absolute Gasteiger partial charge is 0.157 e. The van der Waals surface area contributed by atoms with E-state index in [0.29, 0.717) is 18.0 Å². The summed E-state index contributed by atoms with van der Waals surface area (Å²) in [4.78, 5) is 21.3. The molecule has 0 aliphatic rings. The first kappa shape index (κ1) is 23.4. The maximum absolute atomic E-state index is 10.8. The van der Waals surface area contributed by atoms with Gasteiger partial charge < -0.3 is 9.84 Å². The molecule has 2 aromatic carbocycles. The minimum Gasteiger partial charge on any atom is -0.507 e. The second-order valence-electron chi connectivity index (χ2n) is 5.82. The lowest BCUT2D eigenvalue weighted by Crippen LogP contribution is -1.97. The van der Waals surface area contributed by atoms with E-state index in [9.17, 15) is 14.7 Å². The fourth-order valence-electron chi connectivity index (χ4n) is 2.45. The summed E-state index contributed by atoms with van der Waals surface area (Å²) in [5.74, 6) is 0.808. The summed E-state index contributed by atoms with van der Waals surface area (Å²) in [5.41, 5.74) is 4.10. The second-order valence-corrected chi connectivity index (χ2v) is 5.82. The normalized spacial score (nSPS) is 9.38. The minimum atomic E-state index is -0.0487. The van der Waals surface area contributed by atoms with E-state index in [0.717, 1.165) is 28.5 Å². The maximum atomic E-state index is 10.8. The van der Waals surface area contributed by atoms with Crippen LogP contribution >= 0.6 is 0 Å². The van der Waals surface area contributed by atoms with Crippen molar-refractivity contribution >= 4 is 12.6 Å². The Morgan fingerprint density at radius 1 is 0.923 bits per heavy atom. The lowest BCUT2D eigenvalue weighted by atomic mass is 9.95. The highest BCUT2D eigenvalue weighted by atomic mass is 16.5. The number of hydrogen-bond donors (Lipinski definition) is 1. The van der Waals surface area contributed by atoms with Gasteiger partial charge in [-0.15, -0.1) is 0 Å². The number of aldehydes is 2. The molecule has 0 spiro atoms. The number of phenolic OH excluding ortho intramolecular Hbond substituents is 1. The third-order valence-corrected chi connectivity index (χ3v) is 3.79. The van der Waals surface area contributed by atoms with Crippen molar-refractivity contribution in [2.75, 3.05) is 7.11 Å². The standard InChI is InChI=1S/C11H14O.C9H10O3.C2H6/c1-8(2)10-6-4-5-9(3)11(10)7-12;1-6-3-4-8(11)7(5-10)9(6)12-2;1-2/h4-8H,1-3H3;3-5,11H,1-2H3;1-2H3. The molecule has 4 nitrogen and oxygen atoms in total. The van der Waals surface area contributed by atoms with Gasteiger partial charge in [0.15, 0.2) is 12.6 Å². The van der Waals surface area contributed by atoms with Crippen LogP contribution in [0, 0.1) is 13.8 Å². The average molecular weight is 358 g/mol. The molecule has 0 unspecified atom stereocenters. The van der Waals surface area contributed by atoms with Gasteiger partial charge in [0, 0.05) is 5.56 Å². The maximum Gasteiger partial charge on any atom is 0.157 e. The minimum absolute atomic E-state index is 0.0487. The summed E-state index contributed by atoms with van der Waals surface area (Å²) >= 11 is 0. The lowest BCUT2D eigenvalue weighted by molar-refractivity contribution is 0.111. The van der Waals surface area contributed by atoms with Crippen LogP contribution in [-0.4, -0.2) is 24.8 Å². The molecule has 0 aliphatic heterocycles. The predicted molar refractivity (Wildman–Crippen MR) is 107 cm³/mol. The molecule has 142 valence electrons. The Balaban J connectivity index is 0.000000439. The highest BCUT2D eigenvalue weighted by molar-refractivity contribution is 5.84. The van der Waals surface area contributed by atoms with Crippen molar-refractivity contribution in [3.8, 4) is 11.5 Å². The largest absolute Gasteiger partial charge is 0.507 e.